The summed E-state index contributed by atoms with van der Waals surface area (Å²) >= 11 is 1.87. The molecule has 3 rings (SSSR count). The molecule has 0 radical (unpaired) electrons. The van der Waals surface area contributed by atoms with Gasteiger partial charge in [0.25, 0.3) is 0 Å². The normalized spacial score (nSPS) is 32.0. The number of hydrogen-bond donors (Lipinski definition) is 1. The van der Waals surface area contributed by atoms with Crippen molar-refractivity contribution < 1.29 is 14.2 Å². The van der Waals surface area contributed by atoms with E-state index in [4.69, 9.17) is 4.74 Å². The molecular formula is C13H15FO2S. The number of hydrogen-bond acceptors (Lipinski definition) is 3. The summed E-state index contributed by atoms with van der Waals surface area (Å²) in [6.45, 7) is 0. The molecule has 1 N–H and O–H groups in total. The summed E-state index contributed by atoms with van der Waals surface area (Å²) < 4.78 is 19.2. The molecule has 1 aromatic rings. The van der Waals surface area contributed by atoms with Gasteiger partial charge in [-0.25, -0.2) is 4.39 Å². The van der Waals surface area contributed by atoms with E-state index in [2.05, 4.69) is 0 Å². The van der Waals surface area contributed by atoms with Crippen molar-refractivity contribution in [3.05, 3.63) is 29.6 Å². The summed E-state index contributed by atoms with van der Waals surface area (Å²) in [7, 11) is 0. The summed E-state index contributed by atoms with van der Waals surface area (Å²) in [5.74, 6) is 2.41. The second-order valence-electron chi connectivity index (χ2n) is 4.84. The van der Waals surface area contributed by atoms with E-state index in [0.29, 0.717) is 17.7 Å². The predicted octanol–water partition coefficient (Wildman–Crippen LogP) is 2.91. The van der Waals surface area contributed by atoms with Crippen molar-refractivity contribution >= 4 is 11.8 Å². The largest absolute Gasteiger partial charge is 0.486 e. The molecule has 1 saturated heterocycles. The highest BCUT2D eigenvalue weighted by molar-refractivity contribution is 7.99. The van der Waals surface area contributed by atoms with Crippen molar-refractivity contribution in [1.82, 2.24) is 0 Å². The Morgan fingerprint density at radius 2 is 2.35 bits per heavy atom. The Hall–Kier alpha value is -0.740. The van der Waals surface area contributed by atoms with Crippen LogP contribution in [0.4, 0.5) is 4.39 Å². The Morgan fingerprint density at radius 3 is 3.12 bits per heavy atom. The molecule has 1 spiro atoms. The van der Waals surface area contributed by atoms with E-state index in [1.54, 1.807) is 6.07 Å². The van der Waals surface area contributed by atoms with Gasteiger partial charge in [0.1, 0.15) is 17.2 Å². The fourth-order valence-corrected chi connectivity index (χ4v) is 3.86. The summed E-state index contributed by atoms with van der Waals surface area (Å²) in [4.78, 5) is 0. The summed E-state index contributed by atoms with van der Waals surface area (Å²) in [6, 6.07) is 4.40. The molecule has 92 valence electrons. The van der Waals surface area contributed by atoms with Gasteiger partial charge in [-0.3, -0.25) is 0 Å². The standard InChI is InChI=1S/C13H15FO2S/c14-9-2-3-12-10(6-9)11(15)7-13(16-12)4-1-5-17-8-13/h2-3,6,11,15H,1,4-5,7-8H2/t11-,13?/m0/s1. The molecule has 1 aromatic carbocycles. The molecule has 17 heavy (non-hydrogen) atoms. The summed E-state index contributed by atoms with van der Waals surface area (Å²) in [5, 5.41) is 10.1. The lowest BCUT2D eigenvalue weighted by atomic mass is 9.86. The molecule has 1 fully saturated rings. The van der Waals surface area contributed by atoms with Gasteiger partial charge in [-0.05, 0) is 36.8 Å². The molecule has 0 bridgehead atoms. The van der Waals surface area contributed by atoms with E-state index in [0.717, 1.165) is 24.3 Å². The maximum Gasteiger partial charge on any atom is 0.126 e. The first-order chi connectivity index (χ1) is 8.19. The van der Waals surface area contributed by atoms with Crippen molar-refractivity contribution in [3.8, 4) is 5.75 Å². The highest BCUT2D eigenvalue weighted by Gasteiger charge is 2.41. The Kier molecular flexibility index (Phi) is 2.79. The van der Waals surface area contributed by atoms with Gasteiger partial charge in [-0.2, -0.15) is 11.8 Å². The molecule has 0 aliphatic carbocycles. The van der Waals surface area contributed by atoms with Crippen LogP contribution in [0.3, 0.4) is 0 Å². The first kappa shape index (κ1) is 11.4. The monoisotopic (exact) mass is 254 g/mol. The molecule has 0 amide bonds. The van der Waals surface area contributed by atoms with Gasteiger partial charge in [0.15, 0.2) is 0 Å². The number of aliphatic hydroxyl groups excluding tert-OH is 1. The fraction of sp³-hybridized carbons (Fsp3) is 0.538. The maximum atomic E-state index is 13.1. The topological polar surface area (TPSA) is 29.5 Å². The van der Waals surface area contributed by atoms with Crippen molar-refractivity contribution in [1.29, 1.82) is 0 Å². The SMILES string of the molecule is O[C@H]1CC2(CCCSC2)Oc2ccc(F)cc21. The second-order valence-corrected chi connectivity index (χ2v) is 5.95. The predicted molar refractivity (Wildman–Crippen MR) is 65.9 cm³/mol. The molecule has 1 unspecified atom stereocenters. The zero-order valence-electron chi connectivity index (χ0n) is 9.49. The molecule has 4 heteroatoms. The summed E-state index contributed by atoms with van der Waals surface area (Å²) in [5.41, 5.74) is 0.346. The quantitative estimate of drug-likeness (QED) is 0.772. The van der Waals surface area contributed by atoms with E-state index in [9.17, 15) is 9.50 Å². The third-order valence-corrected chi connectivity index (χ3v) is 4.82. The average molecular weight is 254 g/mol. The van der Waals surface area contributed by atoms with Crippen LogP contribution < -0.4 is 4.74 Å². The average Bonchev–Trinajstić information content (AvgIpc) is 2.31. The van der Waals surface area contributed by atoms with E-state index in [1.807, 2.05) is 11.8 Å². The van der Waals surface area contributed by atoms with Crippen LogP contribution in [0.2, 0.25) is 0 Å². The van der Waals surface area contributed by atoms with Gasteiger partial charge in [0.05, 0.1) is 6.10 Å². The Balaban J connectivity index is 1.94. The highest BCUT2D eigenvalue weighted by Crippen LogP contribution is 2.45. The smallest absolute Gasteiger partial charge is 0.126 e. The Bertz CT molecular complexity index is 429. The van der Waals surface area contributed by atoms with Crippen LogP contribution in [0.15, 0.2) is 18.2 Å². The third kappa shape index (κ3) is 2.04. The molecule has 0 aromatic heterocycles. The number of thioether (sulfide) groups is 1. The van der Waals surface area contributed by atoms with Crippen LogP contribution in [-0.2, 0) is 0 Å². The second kappa shape index (κ2) is 4.18. The van der Waals surface area contributed by atoms with Gasteiger partial charge >= 0.3 is 0 Å². The first-order valence-corrected chi connectivity index (χ1v) is 7.08. The minimum Gasteiger partial charge on any atom is -0.486 e. The number of fused-ring (bicyclic) bond motifs is 1. The van der Waals surface area contributed by atoms with Crippen molar-refractivity contribution in [2.24, 2.45) is 0 Å². The van der Waals surface area contributed by atoms with E-state index >= 15 is 0 Å². The van der Waals surface area contributed by atoms with Crippen molar-refractivity contribution in [3.63, 3.8) is 0 Å². The molecule has 2 heterocycles. The molecule has 2 nitrogen and oxygen atoms in total. The number of rotatable bonds is 0. The van der Waals surface area contributed by atoms with Crippen molar-refractivity contribution in [2.75, 3.05) is 11.5 Å². The van der Waals surface area contributed by atoms with Gasteiger partial charge < -0.3 is 9.84 Å². The lowest BCUT2D eigenvalue weighted by molar-refractivity contribution is -0.00578. The molecule has 0 saturated carbocycles. The molecule has 2 aliphatic heterocycles. The van der Waals surface area contributed by atoms with Crippen LogP contribution in [0.25, 0.3) is 0 Å². The highest BCUT2D eigenvalue weighted by atomic mass is 32.2. The number of ether oxygens (including phenoxy) is 1. The minimum atomic E-state index is -0.604. The zero-order chi connectivity index (χ0) is 11.9. The molecule has 2 aliphatic rings. The van der Waals surface area contributed by atoms with Gasteiger partial charge in [0, 0.05) is 17.7 Å². The Morgan fingerprint density at radius 1 is 1.47 bits per heavy atom. The van der Waals surface area contributed by atoms with Crippen LogP contribution in [0, 0.1) is 5.82 Å². The first-order valence-electron chi connectivity index (χ1n) is 5.93. The lowest BCUT2D eigenvalue weighted by Crippen LogP contribution is -2.45. The van der Waals surface area contributed by atoms with Crippen molar-refractivity contribution in [2.45, 2.75) is 31.0 Å². The van der Waals surface area contributed by atoms with Crippen LogP contribution in [0.1, 0.15) is 30.9 Å². The zero-order valence-corrected chi connectivity index (χ0v) is 10.3. The van der Waals surface area contributed by atoms with Gasteiger partial charge in [-0.1, -0.05) is 0 Å². The molecule has 2 atom stereocenters. The van der Waals surface area contributed by atoms with E-state index < -0.39 is 6.10 Å². The van der Waals surface area contributed by atoms with E-state index in [1.165, 1.54) is 12.1 Å². The Labute approximate surface area is 104 Å². The summed E-state index contributed by atoms with van der Waals surface area (Å²) in [6.07, 6.45) is 2.08. The van der Waals surface area contributed by atoms with Crippen LogP contribution in [-0.4, -0.2) is 22.2 Å². The number of halogens is 1. The van der Waals surface area contributed by atoms with E-state index in [-0.39, 0.29) is 11.4 Å². The fourth-order valence-electron chi connectivity index (χ4n) is 2.68. The lowest BCUT2D eigenvalue weighted by Gasteiger charge is -2.42. The van der Waals surface area contributed by atoms with Crippen LogP contribution >= 0.6 is 11.8 Å². The third-order valence-electron chi connectivity index (χ3n) is 3.51. The van der Waals surface area contributed by atoms with Gasteiger partial charge in [0.2, 0.25) is 0 Å². The van der Waals surface area contributed by atoms with Gasteiger partial charge in [-0.15, -0.1) is 0 Å². The van der Waals surface area contributed by atoms with Crippen LogP contribution in [0.5, 0.6) is 5.75 Å². The molecular weight excluding hydrogens is 239 g/mol. The maximum absolute atomic E-state index is 13.1. The minimum absolute atomic E-state index is 0.243. The number of aliphatic hydroxyl groups is 1. The number of benzene rings is 1.